The van der Waals surface area contributed by atoms with Crippen LogP contribution in [-0.4, -0.2) is 7.12 Å². The van der Waals surface area contributed by atoms with Gasteiger partial charge in [-0.2, -0.15) is 0 Å². The van der Waals surface area contributed by atoms with E-state index in [0.29, 0.717) is 5.82 Å². The third-order valence-corrected chi connectivity index (χ3v) is 3.61. The van der Waals surface area contributed by atoms with Crippen molar-refractivity contribution in [2.45, 2.75) is 32.0 Å². The summed E-state index contributed by atoms with van der Waals surface area (Å²) in [6.07, 6.45) is 3.86. The van der Waals surface area contributed by atoms with Gasteiger partial charge in [0.2, 0.25) is 0 Å². The van der Waals surface area contributed by atoms with Crippen LogP contribution < -0.4 is 9.31 Å². The van der Waals surface area contributed by atoms with Gasteiger partial charge in [-0.3, -0.25) is 0 Å². The molecule has 2 atom stereocenters. The van der Waals surface area contributed by atoms with E-state index in [2.05, 4.69) is 6.92 Å². The van der Waals surface area contributed by atoms with Crippen LogP contribution in [0.3, 0.4) is 0 Å². The summed E-state index contributed by atoms with van der Waals surface area (Å²) in [4.78, 5) is 0. The van der Waals surface area contributed by atoms with Gasteiger partial charge in [-0.25, -0.2) is 0 Å². The number of rotatable bonds is 1. The van der Waals surface area contributed by atoms with Gasteiger partial charge in [0.1, 0.15) is 11.5 Å². The van der Waals surface area contributed by atoms with Crippen LogP contribution in [0, 0.1) is 5.92 Å². The largest absolute Gasteiger partial charge is 0.598 e. The van der Waals surface area contributed by atoms with E-state index in [1.807, 2.05) is 24.3 Å². The lowest BCUT2D eigenvalue weighted by Gasteiger charge is -2.16. The maximum Gasteiger partial charge on any atom is 0.598 e. The first-order valence-electron chi connectivity index (χ1n) is 5.77. The van der Waals surface area contributed by atoms with E-state index in [1.165, 1.54) is 19.3 Å². The summed E-state index contributed by atoms with van der Waals surface area (Å²) in [6.45, 7) is 2.30. The Hall–Kier alpha value is -1.12. The van der Waals surface area contributed by atoms with Crippen molar-refractivity contribution < 1.29 is 9.31 Å². The fourth-order valence-corrected chi connectivity index (χ4v) is 2.67. The second-order valence-corrected chi connectivity index (χ2v) is 4.62. The summed E-state index contributed by atoms with van der Waals surface area (Å²) in [5.41, 5.74) is 0. The topological polar surface area (TPSA) is 18.5 Å². The fraction of sp³-hybridized carbons (Fsp3) is 0.500. The van der Waals surface area contributed by atoms with E-state index in [9.17, 15) is 0 Å². The minimum atomic E-state index is -0.0418. The van der Waals surface area contributed by atoms with E-state index in [1.54, 1.807) is 0 Å². The molecule has 2 nitrogen and oxygen atoms in total. The highest BCUT2D eigenvalue weighted by molar-refractivity contribution is 6.49. The molecular weight excluding hydrogens is 187 g/mol. The molecule has 0 spiro atoms. The molecule has 1 saturated carbocycles. The standard InChI is InChI=1S/C12H15BO2/c1-9-5-4-6-10(9)13-14-11-7-2-3-8-12(11)15-13/h2-3,7-10H,4-6H2,1H3/t9-,10-/m0/s1. The summed E-state index contributed by atoms with van der Waals surface area (Å²) in [5, 5.41) is 0. The van der Waals surface area contributed by atoms with Crippen LogP contribution in [0.4, 0.5) is 0 Å². The van der Waals surface area contributed by atoms with Crippen LogP contribution in [0.15, 0.2) is 24.3 Å². The van der Waals surface area contributed by atoms with Gasteiger partial charge in [0.25, 0.3) is 0 Å². The molecule has 78 valence electrons. The molecule has 3 rings (SSSR count). The van der Waals surface area contributed by atoms with Gasteiger partial charge in [-0.15, -0.1) is 0 Å². The van der Waals surface area contributed by atoms with Crippen molar-refractivity contribution in [2.75, 3.05) is 0 Å². The van der Waals surface area contributed by atoms with Gasteiger partial charge in [0.15, 0.2) is 0 Å². The Morgan fingerprint density at radius 3 is 2.33 bits per heavy atom. The number of fused-ring (bicyclic) bond motifs is 1. The van der Waals surface area contributed by atoms with Crippen LogP contribution >= 0.6 is 0 Å². The minimum absolute atomic E-state index is 0.0418. The normalized spacial score (nSPS) is 28.5. The molecule has 2 aliphatic rings. The molecule has 1 aromatic rings. The maximum absolute atomic E-state index is 5.84. The zero-order chi connectivity index (χ0) is 10.3. The Balaban J connectivity index is 1.78. The molecule has 0 unspecified atom stereocenters. The Morgan fingerprint density at radius 2 is 1.80 bits per heavy atom. The van der Waals surface area contributed by atoms with Crippen molar-refractivity contribution in [3.8, 4) is 11.5 Å². The van der Waals surface area contributed by atoms with E-state index >= 15 is 0 Å². The summed E-state index contributed by atoms with van der Waals surface area (Å²) in [7, 11) is -0.0418. The molecule has 1 aliphatic heterocycles. The molecule has 3 heteroatoms. The Morgan fingerprint density at radius 1 is 1.13 bits per heavy atom. The van der Waals surface area contributed by atoms with E-state index in [4.69, 9.17) is 9.31 Å². The van der Waals surface area contributed by atoms with Gasteiger partial charge < -0.3 is 9.31 Å². The van der Waals surface area contributed by atoms with Crippen molar-refractivity contribution >= 4 is 7.12 Å². The van der Waals surface area contributed by atoms with Crippen LogP contribution in [0.5, 0.6) is 11.5 Å². The highest BCUT2D eigenvalue weighted by Crippen LogP contribution is 2.44. The van der Waals surface area contributed by atoms with Gasteiger partial charge in [0, 0.05) is 5.82 Å². The summed E-state index contributed by atoms with van der Waals surface area (Å²) >= 11 is 0. The Bertz CT molecular complexity index is 341. The number of benzene rings is 1. The quantitative estimate of drug-likeness (QED) is 0.651. The van der Waals surface area contributed by atoms with Crippen LogP contribution in [0.25, 0.3) is 0 Å². The van der Waals surface area contributed by atoms with Crippen molar-refractivity contribution in [1.82, 2.24) is 0 Å². The lowest BCUT2D eigenvalue weighted by atomic mass is 9.67. The predicted octanol–water partition coefficient (Wildman–Crippen LogP) is 3.14. The average molecular weight is 202 g/mol. The minimum Gasteiger partial charge on any atom is -0.523 e. The molecule has 1 aromatic carbocycles. The summed E-state index contributed by atoms with van der Waals surface area (Å²) < 4.78 is 11.7. The molecular formula is C12H15BO2. The maximum atomic E-state index is 5.84. The van der Waals surface area contributed by atoms with E-state index in [-0.39, 0.29) is 7.12 Å². The second-order valence-electron chi connectivity index (χ2n) is 4.62. The highest BCUT2D eigenvalue weighted by Gasteiger charge is 2.44. The molecule has 1 aliphatic carbocycles. The molecule has 1 fully saturated rings. The van der Waals surface area contributed by atoms with Crippen molar-refractivity contribution in [1.29, 1.82) is 0 Å². The van der Waals surface area contributed by atoms with E-state index in [0.717, 1.165) is 17.4 Å². The second kappa shape index (κ2) is 3.48. The monoisotopic (exact) mass is 202 g/mol. The van der Waals surface area contributed by atoms with Gasteiger partial charge in [-0.1, -0.05) is 31.9 Å². The molecule has 0 radical (unpaired) electrons. The van der Waals surface area contributed by atoms with Crippen LogP contribution in [0.2, 0.25) is 5.82 Å². The Kier molecular flexibility index (Phi) is 2.12. The molecule has 0 N–H and O–H groups in total. The fourth-order valence-electron chi connectivity index (χ4n) is 2.67. The lowest BCUT2D eigenvalue weighted by Crippen LogP contribution is -2.32. The third kappa shape index (κ3) is 1.50. The molecule has 0 bridgehead atoms. The molecule has 0 amide bonds. The van der Waals surface area contributed by atoms with Crippen molar-refractivity contribution in [3.63, 3.8) is 0 Å². The first kappa shape index (κ1) is 9.14. The predicted molar refractivity (Wildman–Crippen MR) is 60.2 cm³/mol. The summed E-state index contributed by atoms with van der Waals surface area (Å²) in [5.74, 6) is 3.10. The van der Waals surface area contributed by atoms with Crippen molar-refractivity contribution in [2.24, 2.45) is 5.92 Å². The molecule has 0 aromatic heterocycles. The molecule has 15 heavy (non-hydrogen) atoms. The molecule has 1 heterocycles. The van der Waals surface area contributed by atoms with Gasteiger partial charge >= 0.3 is 7.12 Å². The van der Waals surface area contributed by atoms with E-state index < -0.39 is 0 Å². The summed E-state index contributed by atoms with van der Waals surface area (Å²) in [6, 6.07) is 7.94. The van der Waals surface area contributed by atoms with Gasteiger partial charge in [0.05, 0.1) is 0 Å². The first-order valence-corrected chi connectivity index (χ1v) is 5.77. The Labute approximate surface area is 90.7 Å². The first-order chi connectivity index (χ1) is 7.34. The van der Waals surface area contributed by atoms with Crippen LogP contribution in [-0.2, 0) is 0 Å². The number of para-hydroxylation sites is 2. The van der Waals surface area contributed by atoms with Crippen LogP contribution in [0.1, 0.15) is 26.2 Å². The zero-order valence-corrected chi connectivity index (χ0v) is 8.98. The number of hydrogen-bond donors (Lipinski definition) is 0. The highest BCUT2D eigenvalue weighted by atomic mass is 16.6. The molecule has 0 saturated heterocycles. The van der Waals surface area contributed by atoms with Gasteiger partial charge in [-0.05, 0) is 24.5 Å². The average Bonchev–Trinajstić information content (AvgIpc) is 2.82. The lowest BCUT2D eigenvalue weighted by molar-refractivity contribution is 0.440. The third-order valence-electron chi connectivity index (χ3n) is 3.61. The number of hydrogen-bond acceptors (Lipinski definition) is 2. The smallest absolute Gasteiger partial charge is 0.523 e. The zero-order valence-electron chi connectivity index (χ0n) is 8.98. The SMILES string of the molecule is C[C@H]1CCC[C@@H]1B1Oc2ccccc2O1. The van der Waals surface area contributed by atoms with Crippen molar-refractivity contribution in [3.05, 3.63) is 24.3 Å².